The smallest absolute Gasteiger partial charge is 0.298 e. The molecule has 1 saturated carbocycles. The Balaban J connectivity index is 1.40. The zero-order chi connectivity index (χ0) is 18.1. The van der Waals surface area contributed by atoms with Crippen LogP contribution in [0.4, 0.5) is 6.01 Å². The van der Waals surface area contributed by atoms with Crippen LogP contribution in [0.1, 0.15) is 38.5 Å². The van der Waals surface area contributed by atoms with Crippen molar-refractivity contribution in [2.24, 2.45) is 5.92 Å². The Labute approximate surface area is 157 Å². The van der Waals surface area contributed by atoms with Gasteiger partial charge in [0.2, 0.25) is 5.91 Å². The van der Waals surface area contributed by atoms with Crippen molar-refractivity contribution in [1.82, 2.24) is 10.3 Å². The van der Waals surface area contributed by atoms with E-state index in [1.165, 1.54) is 0 Å². The lowest BCUT2D eigenvalue weighted by atomic mass is 9.91. The monoisotopic (exact) mass is 377 g/mol. The van der Waals surface area contributed by atoms with Gasteiger partial charge >= 0.3 is 0 Å². The summed E-state index contributed by atoms with van der Waals surface area (Å²) in [5.74, 6) is 0.0458. The van der Waals surface area contributed by atoms with Crippen molar-refractivity contribution in [3.63, 3.8) is 0 Å². The van der Waals surface area contributed by atoms with Gasteiger partial charge < -0.3 is 19.7 Å². The molecule has 4 rings (SSSR count). The number of anilines is 1. The van der Waals surface area contributed by atoms with Crippen LogP contribution in [-0.2, 0) is 4.79 Å². The normalized spacial score (nSPS) is 26.8. The van der Waals surface area contributed by atoms with Gasteiger partial charge in [-0.1, -0.05) is 11.6 Å². The first-order valence-corrected chi connectivity index (χ1v) is 9.76. The third kappa shape index (κ3) is 3.81. The van der Waals surface area contributed by atoms with E-state index in [-0.39, 0.29) is 24.0 Å². The molecular formula is C19H24ClN3O3. The number of carbonyl (C=O) groups excluding carboxylic acids is 1. The van der Waals surface area contributed by atoms with E-state index in [9.17, 15) is 9.90 Å². The number of rotatable bonds is 3. The number of oxazole rings is 1. The summed E-state index contributed by atoms with van der Waals surface area (Å²) in [6.45, 7) is 1.45. The molecule has 2 fully saturated rings. The molecule has 2 aromatic rings. The Hall–Kier alpha value is -1.79. The maximum Gasteiger partial charge on any atom is 0.298 e. The molecule has 1 aromatic carbocycles. The fourth-order valence-electron chi connectivity index (χ4n) is 3.93. The Morgan fingerprint density at radius 1 is 1.27 bits per heavy atom. The summed E-state index contributed by atoms with van der Waals surface area (Å²) in [4.78, 5) is 19.3. The second-order valence-electron chi connectivity index (χ2n) is 7.41. The second-order valence-corrected chi connectivity index (χ2v) is 7.84. The van der Waals surface area contributed by atoms with Gasteiger partial charge in [-0.2, -0.15) is 4.98 Å². The number of hydrogen-bond donors (Lipinski definition) is 2. The fourth-order valence-corrected chi connectivity index (χ4v) is 4.09. The Morgan fingerprint density at radius 2 is 2.08 bits per heavy atom. The van der Waals surface area contributed by atoms with Gasteiger partial charge in [0, 0.05) is 24.2 Å². The fraction of sp³-hybridized carbons (Fsp3) is 0.579. The first-order valence-electron chi connectivity index (χ1n) is 9.38. The number of nitrogens with zero attached hydrogens (tertiary/aromatic N) is 2. The Morgan fingerprint density at radius 3 is 2.88 bits per heavy atom. The van der Waals surface area contributed by atoms with Crippen LogP contribution in [-0.4, -0.2) is 41.2 Å². The minimum absolute atomic E-state index is 0.0609. The van der Waals surface area contributed by atoms with E-state index in [4.69, 9.17) is 16.0 Å². The highest BCUT2D eigenvalue weighted by Crippen LogP contribution is 2.28. The molecule has 140 valence electrons. The van der Waals surface area contributed by atoms with Crippen molar-refractivity contribution in [2.75, 3.05) is 18.0 Å². The number of fused-ring (bicyclic) bond motifs is 1. The van der Waals surface area contributed by atoms with E-state index in [2.05, 4.69) is 10.3 Å². The lowest BCUT2D eigenvalue weighted by Gasteiger charge is -2.33. The van der Waals surface area contributed by atoms with Crippen LogP contribution in [0.5, 0.6) is 0 Å². The molecule has 0 bridgehead atoms. The average Bonchev–Trinajstić information content (AvgIpc) is 3.07. The molecule has 2 heterocycles. The van der Waals surface area contributed by atoms with Gasteiger partial charge in [-0.15, -0.1) is 0 Å². The predicted molar refractivity (Wildman–Crippen MR) is 100 cm³/mol. The van der Waals surface area contributed by atoms with Crippen LogP contribution in [0.25, 0.3) is 11.1 Å². The molecule has 1 atom stereocenters. The van der Waals surface area contributed by atoms with Crippen LogP contribution in [0.3, 0.4) is 0 Å². The maximum absolute atomic E-state index is 12.7. The topological polar surface area (TPSA) is 78.6 Å². The van der Waals surface area contributed by atoms with E-state index >= 15 is 0 Å². The molecule has 2 aliphatic rings. The largest absolute Gasteiger partial charge is 0.423 e. The highest BCUT2D eigenvalue weighted by atomic mass is 35.5. The summed E-state index contributed by atoms with van der Waals surface area (Å²) in [6.07, 6.45) is 4.86. The molecule has 0 spiro atoms. The third-order valence-electron chi connectivity index (χ3n) is 5.44. The van der Waals surface area contributed by atoms with Gasteiger partial charge in [-0.25, -0.2) is 0 Å². The Kier molecular flexibility index (Phi) is 5.05. The number of carbonyl (C=O) groups is 1. The van der Waals surface area contributed by atoms with Crippen LogP contribution in [0, 0.1) is 5.92 Å². The van der Waals surface area contributed by atoms with Gasteiger partial charge in [-0.05, 0) is 56.7 Å². The summed E-state index contributed by atoms with van der Waals surface area (Å²) in [7, 11) is 0. The number of amides is 1. The van der Waals surface area contributed by atoms with Crippen molar-refractivity contribution in [3.8, 4) is 0 Å². The van der Waals surface area contributed by atoms with E-state index in [0.717, 1.165) is 50.6 Å². The second kappa shape index (κ2) is 7.45. The molecule has 1 aliphatic carbocycles. The standard InChI is InChI=1S/C19H24ClN3O3/c20-13-3-8-17-16(10-13)22-19(26-17)23-9-1-2-12(11-23)18(25)21-14-4-6-15(24)7-5-14/h3,8,10,12,14-15,24H,1-2,4-7,9,11H2,(H,21,25). The highest BCUT2D eigenvalue weighted by molar-refractivity contribution is 6.31. The third-order valence-corrected chi connectivity index (χ3v) is 5.68. The van der Waals surface area contributed by atoms with Crippen LogP contribution < -0.4 is 10.2 Å². The van der Waals surface area contributed by atoms with Crippen molar-refractivity contribution in [1.29, 1.82) is 0 Å². The number of halogens is 1. The van der Waals surface area contributed by atoms with E-state index in [0.29, 0.717) is 23.2 Å². The van der Waals surface area contributed by atoms with Crippen molar-refractivity contribution >= 4 is 34.6 Å². The van der Waals surface area contributed by atoms with Crippen LogP contribution >= 0.6 is 11.6 Å². The minimum Gasteiger partial charge on any atom is -0.423 e. The predicted octanol–water partition coefficient (Wildman–Crippen LogP) is 3.12. The number of hydrogen-bond acceptors (Lipinski definition) is 5. The molecule has 1 saturated heterocycles. The van der Waals surface area contributed by atoms with Crippen LogP contribution in [0.2, 0.25) is 5.02 Å². The maximum atomic E-state index is 12.7. The zero-order valence-electron chi connectivity index (χ0n) is 14.7. The van der Waals surface area contributed by atoms with Gasteiger partial charge in [0.15, 0.2) is 5.58 Å². The molecular weight excluding hydrogens is 354 g/mol. The molecule has 26 heavy (non-hydrogen) atoms. The van der Waals surface area contributed by atoms with Crippen LogP contribution in [0.15, 0.2) is 22.6 Å². The summed E-state index contributed by atoms with van der Waals surface area (Å²) in [5, 5.41) is 13.4. The SMILES string of the molecule is O=C(NC1CCC(O)CC1)C1CCCN(c2nc3cc(Cl)ccc3o2)C1. The first-order chi connectivity index (χ1) is 12.6. The van der Waals surface area contributed by atoms with Gasteiger partial charge in [-0.3, -0.25) is 4.79 Å². The van der Waals surface area contributed by atoms with E-state index in [1.54, 1.807) is 12.1 Å². The molecule has 1 unspecified atom stereocenters. The molecule has 7 heteroatoms. The molecule has 0 radical (unpaired) electrons. The quantitative estimate of drug-likeness (QED) is 0.859. The minimum atomic E-state index is -0.207. The molecule has 6 nitrogen and oxygen atoms in total. The molecule has 1 aliphatic heterocycles. The summed E-state index contributed by atoms with van der Waals surface area (Å²) in [5.41, 5.74) is 1.44. The number of aliphatic hydroxyl groups is 1. The Bertz CT molecular complexity index is 785. The van der Waals surface area contributed by atoms with Crippen molar-refractivity contribution in [3.05, 3.63) is 23.2 Å². The number of aliphatic hydroxyl groups excluding tert-OH is 1. The lowest BCUT2D eigenvalue weighted by Crippen LogP contribution is -2.47. The first kappa shape index (κ1) is 17.6. The van der Waals surface area contributed by atoms with E-state index in [1.807, 2.05) is 11.0 Å². The van der Waals surface area contributed by atoms with Gasteiger partial charge in [0.25, 0.3) is 6.01 Å². The summed E-state index contributed by atoms with van der Waals surface area (Å²) < 4.78 is 5.85. The summed E-state index contributed by atoms with van der Waals surface area (Å²) >= 11 is 6.02. The zero-order valence-corrected chi connectivity index (χ0v) is 15.4. The number of piperidine rings is 1. The van der Waals surface area contributed by atoms with Crippen molar-refractivity contribution in [2.45, 2.75) is 50.7 Å². The molecule has 1 amide bonds. The molecule has 2 N–H and O–H groups in total. The van der Waals surface area contributed by atoms with Gasteiger partial charge in [0.1, 0.15) is 5.52 Å². The number of nitrogens with one attached hydrogen (secondary N) is 1. The highest BCUT2D eigenvalue weighted by Gasteiger charge is 2.30. The van der Waals surface area contributed by atoms with E-state index < -0.39 is 0 Å². The summed E-state index contributed by atoms with van der Waals surface area (Å²) in [6, 6.07) is 6.13. The number of aromatic nitrogens is 1. The molecule has 1 aromatic heterocycles. The lowest BCUT2D eigenvalue weighted by molar-refractivity contribution is -0.126. The van der Waals surface area contributed by atoms with Gasteiger partial charge in [0.05, 0.1) is 12.0 Å². The average molecular weight is 378 g/mol. The number of benzene rings is 1. The van der Waals surface area contributed by atoms with Crippen molar-refractivity contribution < 1.29 is 14.3 Å².